The van der Waals surface area contributed by atoms with E-state index in [-0.39, 0.29) is 12.4 Å². The van der Waals surface area contributed by atoms with Crippen LogP contribution in [-0.2, 0) is 13.0 Å². The van der Waals surface area contributed by atoms with Crippen LogP contribution in [0.4, 0.5) is 4.39 Å². The topological polar surface area (TPSA) is 41.8 Å². The Hall–Kier alpha value is -2.07. The molecule has 3 nitrogen and oxygen atoms in total. The Morgan fingerprint density at radius 2 is 2.10 bits per heavy atom. The smallest absolute Gasteiger partial charge is 0.124 e. The molecule has 5 heteroatoms. The Bertz CT molecular complexity index is 715. The second kappa shape index (κ2) is 5.74. The Morgan fingerprint density at radius 1 is 1.24 bits per heavy atom. The molecule has 3 rings (SSSR count). The first-order valence-electron chi connectivity index (χ1n) is 6.59. The van der Waals surface area contributed by atoms with Gasteiger partial charge in [0.05, 0.1) is 10.7 Å². The molecule has 0 radical (unpaired) electrons. The van der Waals surface area contributed by atoms with Crippen LogP contribution in [0.3, 0.4) is 0 Å². The number of nitrogens with zero attached hydrogens (tertiary/aromatic N) is 1. The highest BCUT2D eigenvalue weighted by molar-refractivity contribution is 6.31. The van der Waals surface area contributed by atoms with Crippen LogP contribution in [0.1, 0.15) is 23.1 Å². The molecule has 0 saturated heterocycles. The summed E-state index contributed by atoms with van der Waals surface area (Å²) in [6.07, 6.45) is 1.48. The van der Waals surface area contributed by atoms with E-state index in [0.29, 0.717) is 17.2 Å². The molecule has 21 heavy (non-hydrogen) atoms. The summed E-state index contributed by atoms with van der Waals surface area (Å²) in [7, 11) is 0. The van der Waals surface area contributed by atoms with Crippen molar-refractivity contribution in [1.29, 1.82) is 0 Å². The summed E-state index contributed by atoms with van der Waals surface area (Å²) in [6, 6.07) is 9.88. The quantitative estimate of drug-likeness (QED) is 0.682. The Labute approximate surface area is 126 Å². The third-order valence-electron chi connectivity index (χ3n) is 3.57. The summed E-state index contributed by atoms with van der Waals surface area (Å²) in [6.45, 7) is 0.265. The third-order valence-corrected chi connectivity index (χ3v) is 3.93. The van der Waals surface area contributed by atoms with E-state index in [1.54, 1.807) is 6.07 Å². The summed E-state index contributed by atoms with van der Waals surface area (Å²) in [5.41, 5.74) is 3.35. The zero-order valence-corrected chi connectivity index (χ0v) is 11.9. The van der Waals surface area contributed by atoms with Crippen molar-refractivity contribution in [3.8, 4) is 5.75 Å². The first-order chi connectivity index (χ1) is 10.2. The molecular weight excluding hydrogens is 293 g/mol. The molecule has 108 valence electrons. The van der Waals surface area contributed by atoms with Crippen LogP contribution < -0.4 is 4.74 Å². The number of benzene rings is 2. The van der Waals surface area contributed by atoms with E-state index in [9.17, 15) is 4.39 Å². The molecule has 0 saturated carbocycles. The fourth-order valence-electron chi connectivity index (χ4n) is 2.51. The minimum absolute atomic E-state index is 0.265. The van der Waals surface area contributed by atoms with Gasteiger partial charge in [0.1, 0.15) is 18.2 Å². The number of ether oxygens (including phenoxy) is 1. The van der Waals surface area contributed by atoms with E-state index < -0.39 is 0 Å². The largest absolute Gasteiger partial charge is 0.489 e. The Kier molecular flexibility index (Phi) is 3.80. The molecule has 0 fully saturated rings. The normalized spacial score (nSPS) is 15.2. The van der Waals surface area contributed by atoms with E-state index in [0.717, 1.165) is 28.9 Å². The van der Waals surface area contributed by atoms with Crippen molar-refractivity contribution in [3.63, 3.8) is 0 Å². The summed E-state index contributed by atoms with van der Waals surface area (Å²) >= 11 is 5.99. The lowest BCUT2D eigenvalue weighted by atomic mass is 10.1. The predicted molar refractivity (Wildman–Crippen MR) is 78.8 cm³/mol. The van der Waals surface area contributed by atoms with Crippen molar-refractivity contribution in [2.45, 2.75) is 19.4 Å². The molecule has 1 aliphatic rings. The van der Waals surface area contributed by atoms with Gasteiger partial charge in [-0.2, -0.15) is 0 Å². The van der Waals surface area contributed by atoms with Crippen LogP contribution >= 0.6 is 11.6 Å². The molecular formula is C16H13ClFNO2. The molecule has 0 spiro atoms. The van der Waals surface area contributed by atoms with Gasteiger partial charge in [-0.25, -0.2) is 4.39 Å². The summed E-state index contributed by atoms with van der Waals surface area (Å²) in [5.74, 6) is 0.375. The molecule has 1 aliphatic carbocycles. The SMILES string of the molecule is ON=C1CCc2c(OCc3ccc(F)cc3Cl)cccc21. The number of fused-ring (bicyclic) bond motifs is 1. The van der Waals surface area contributed by atoms with Crippen molar-refractivity contribution < 1.29 is 14.3 Å². The van der Waals surface area contributed by atoms with Crippen molar-refractivity contribution in [2.75, 3.05) is 0 Å². The van der Waals surface area contributed by atoms with Crippen LogP contribution in [0, 0.1) is 5.82 Å². The van der Waals surface area contributed by atoms with E-state index in [4.69, 9.17) is 21.5 Å². The van der Waals surface area contributed by atoms with Gasteiger partial charge < -0.3 is 9.94 Å². The highest BCUT2D eigenvalue weighted by Crippen LogP contribution is 2.31. The average Bonchev–Trinajstić information content (AvgIpc) is 2.90. The van der Waals surface area contributed by atoms with Gasteiger partial charge in [-0.3, -0.25) is 0 Å². The molecule has 0 aromatic heterocycles. The van der Waals surface area contributed by atoms with Crippen LogP contribution in [-0.4, -0.2) is 10.9 Å². The molecule has 2 aromatic carbocycles. The maximum Gasteiger partial charge on any atom is 0.124 e. The first-order valence-corrected chi connectivity index (χ1v) is 6.97. The third kappa shape index (κ3) is 2.72. The number of rotatable bonds is 3. The van der Waals surface area contributed by atoms with E-state index in [1.807, 2.05) is 18.2 Å². The lowest BCUT2D eigenvalue weighted by Crippen LogP contribution is -2.00. The van der Waals surface area contributed by atoms with Gasteiger partial charge in [-0.1, -0.05) is 35.0 Å². The lowest BCUT2D eigenvalue weighted by molar-refractivity contribution is 0.303. The summed E-state index contributed by atoms with van der Waals surface area (Å²) in [5, 5.41) is 12.6. The molecule has 2 aromatic rings. The molecule has 0 amide bonds. The highest BCUT2D eigenvalue weighted by Gasteiger charge is 2.21. The Balaban J connectivity index is 1.82. The minimum Gasteiger partial charge on any atom is -0.489 e. The van der Waals surface area contributed by atoms with Crippen LogP contribution in [0.5, 0.6) is 5.75 Å². The average molecular weight is 306 g/mol. The van der Waals surface area contributed by atoms with Crippen molar-refractivity contribution >= 4 is 17.3 Å². The van der Waals surface area contributed by atoms with Gasteiger partial charge in [0.15, 0.2) is 0 Å². The molecule has 0 aliphatic heterocycles. The molecule has 0 bridgehead atoms. The van der Waals surface area contributed by atoms with Gasteiger partial charge in [0.2, 0.25) is 0 Å². The van der Waals surface area contributed by atoms with Crippen LogP contribution in [0.2, 0.25) is 5.02 Å². The number of oxime groups is 1. The van der Waals surface area contributed by atoms with E-state index in [1.165, 1.54) is 12.1 Å². The van der Waals surface area contributed by atoms with E-state index in [2.05, 4.69) is 5.16 Å². The second-order valence-electron chi connectivity index (χ2n) is 4.85. The van der Waals surface area contributed by atoms with Gasteiger partial charge in [0, 0.05) is 16.7 Å². The summed E-state index contributed by atoms with van der Waals surface area (Å²) in [4.78, 5) is 0. The van der Waals surface area contributed by atoms with Gasteiger partial charge >= 0.3 is 0 Å². The van der Waals surface area contributed by atoms with Gasteiger partial charge in [-0.15, -0.1) is 0 Å². The highest BCUT2D eigenvalue weighted by atomic mass is 35.5. The van der Waals surface area contributed by atoms with E-state index >= 15 is 0 Å². The van der Waals surface area contributed by atoms with Crippen LogP contribution in [0.25, 0.3) is 0 Å². The standard InChI is InChI=1S/C16H13ClFNO2/c17-14-8-11(18)5-4-10(14)9-21-16-3-1-2-12-13(16)6-7-15(12)19-20/h1-5,8,20H,6-7,9H2. The van der Waals surface area contributed by atoms with Crippen molar-refractivity contribution in [2.24, 2.45) is 5.16 Å². The lowest BCUT2D eigenvalue weighted by Gasteiger charge is -2.11. The maximum atomic E-state index is 13.0. The number of hydrogen-bond acceptors (Lipinski definition) is 3. The zero-order valence-electron chi connectivity index (χ0n) is 11.1. The number of halogens is 2. The fourth-order valence-corrected chi connectivity index (χ4v) is 2.73. The molecule has 0 unspecified atom stereocenters. The fraction of sp³-hybridized carbons (Fsp3) is 0.188. The summed E-state index contributed by atoms with van der Waals surface area (Å²) < 4.78 is 18.8. The molecule has 0 atom stereocenters. The zero-order chi connectivity index (χ0) is 14.8. The maximum absolute atomic E-state index is 13.0. The van der Waals surface area contributed by atoms with Gasteiger partial charge in [0.25, 0.3) is 0 Å². The first kappa shape index (κ1) is 13.9. The monoisotopic (exact) mass is 305 g/mol. The van der Waals surface area contributed by atoms with Crippen molar-refractivity contribution in [1.82, 2.24) is 0 Å². The molecule has 1 N–H and O–H groups in total. The predicted octanol–water partition coefficient (Wildman–Crippen LogP) is 4.18. The second-order valence-corrected chi connectivity index (χ2v) is 5.26. The van der Waals surface area contributed by atoms with Gasteiger partial charge in [-0.05, 0) is 31.0 Å². The van der Waals surface area contributed by atoms with Crippen molar-refractivity contribution in [3.05, 3.63) is 63.9 Å². The minimum atomic E-state index is -0.367. The van der Waals surface area contributed by atoms with Crippen LogP contribution in [0.15, 0.2) is 41.6 Å². The Morgan fingerprint density at radius 3 is 2.86 bits per heavy atom. The number of hydrogen-bond donors (Lipinski definition) is 1. The molecule has 0 heterocycles.